The summed E-state index contributed by atoms with van der Waals surface area (Å²) in [5, 5.41) is 5.47. The van der Waals surface area contributed by atoms with Gasteiger partial charge >= 0.3 is 41.9 Å². The van der Waals surface area contributed by atoms with Crippen LogP contribution < -0.4 is 0 Å². The molecule has 0 aliphatic heterocycles. The molecule has 38 heavy (non-hydrogen) atoms. The molecule has 0 heterocycles. The molecule has 0 aliphatic carbocycles. The average molecular weight is 640 g/mol. The van der Waals surface area contributed by atoms with Gasteiger partial charge in [-0.1, -0.05) is 51.0 Å². The van der Waals surface area contributed by atoms with Gasteiger partial charge in [0.15, 0.2) is 16.6 Å². The first-order chi connectivity index (χ1) is 17.5. The summed E-state index contributed by atoms with van der Waals surface area (Å²) >= 11 is 1.74. The second-order valence-corrected chi connectivity index (χ2v) is 31.0. The summed E-state index contributed by atoms with van der Waals surface area (Å²) in [6.45, 7) is 28.1. The second kappa shape index (κ2) is 14.1. The van der Waals surface area contributed by atoms with E-state index in [-0.39, 0.29) is 5.43 Å². The minimum absolute atomic E-state index is 0.210. The summed E-state index contributed by atoms with van der Waals surface area (Å²) in [6, 6.07) is 17.9. The zero-order chi connectivity index (χ0) is 28.8. The molecule has 204 valence electrons. The topological polar surface area (TPSA) is 18.5 Å². The smallest absolute Gasteiger partial charge is 0.184 e. The van der Waals surface area contributed by atoms with E-state index in [2.05, 4.69) is 129 Å². The van der Waals surface area contributed by atoms with Gasteiger partial charge in [-0.05, 0) is 39.3 Å². The molecule has 0 bridgehead atoms. The fourth-order valence-corrected chi connectivity index (χ4v) is 5.32. The summed E-state index contributed by atoms with van der Waals surface area (Å²) in [5.41, 5.74) is 8.23. The Labute approximate surface area is 249 Å². The number of benzene rings is 2. The monoisotopic (exact) mass is 638 g/mol. The van der Waals surface area contributed by atoms with Gasteiger partial charge in [0.05, 0.1) is 13.2 Å². The van der Waals surface area contributed by atoms with Crippen molar-refractivity contribution in [2.45, 2.75) is 93.3 Å². The Balaban J connectivity index is 0.000000234. The molecule has 0 radical (unpaired) electrons. The summed E-state index contributed by atoms with van der Waals surface area (Å²) in [6.07, 6.45) is 0. The van der Waals surface area contributed by atoms with E-state index in [4.69, 9.17) is 8.85 Å². The molecular weight excluding hydrogens is 592 g/mol. The first-order valence-electron chi connectivity index (χ1n) is 13.6. The van der Waals surface area contributed by atoms with Gasteiger partial charge in [0.25, 0.3) is 0 Å². The van der Waals surface area contributed by atoms with Crippen LogP contribution in [0, 0.1) is 27.7 Å². The van der Waals surface area contributed by atoms with Gasteiger partial charge in [-0.15, -0.1) is 68.1 Å². The number of fused-ring (bicyclic) bond motifs is 2. The van der Waals surface area contributed by atoms with Crippen molar-refractivity contribution in [1.82, 2.24) is 0 Å². The summed E-state index contributed by atoms with van der Waals surface area (Å²) in [4.78, 5) is 0. The van der Waals surface area contributed by atoms with Crippen LogP contribution in [-0.4, -0.2) is 22.1 Å². The number of hydrogen-bond donors (Lipinski definition) is 0. The first kappa shape index (κ1) is 33.3. The van der Waals surface area contributed by atoms with Crippen molar-refractivity contribution in [3.05, 3.63) is 81.9 Å². The fraction of sp³-hybridized carbons (Fsp3) is 0.438. The van der Waals surface area contributed by atoms with Gasteiger partial charge in [-0.25, -0.2) is 0 Å². The maximum atomic E-state index is 6.01. The molecule has 6 heteroatoms. The molecule has 0 aliphatic rings. The molecule has 2 nitrogen and oxygen atoms in total. The van der Waals surface area contributed by atoms with Crippen molar-refractivity contribution in [1.29, 1.82) is 0 Å². The van der Waals surface area contributed by atoms with Crippen LogP contribution in [0.5, 0.6) is 0 Å². The van der Waals surface area contributed by atoms with Crippen LogP contribution in [0.15, 0.2) is 48.5 Å². The Kier molecular flexibility index (Phi) is 12.4. The molecule has 0 fully saturated rings. The fourth-order valence-electron chi connectivity index (χ4n) is 4.14. The van der Waals surface area contributed by atoms with Crippen molar-refractivity contribution < 1.29 is 32.2 Å². The van der Waals surface area contributed by atoms with Crippen LogP contribution in [-0.2, 0) is 45.4 Å². The number of aryl methyl sites for hydroxylation is 4. The van der Waals surface area contributed by atoms with Crippen molar-refractivity contribution in [3.63, 3.8) is 0 Å². The van der Waals surface area contributed by atoms with Crippen LogP contribution in [0.2, 0.25) is 52.4 Å². The normalized spacial score (nSPS) is 11.7. The Morgan fingerprint density at radius 2 is 0.974 bits per heavy atom. The molecule has 0 saturated carbocycles. The van der Waals surface area contributed by atoms with Crippen LogP contribution in [0.4, 0.5) is 0 Å². The Hall–Kier alpha value is -0.886. The Morgan fingerprint density at radius 3 is 1.26 bits per heavy atom. The molecule has 4 aromatic rings. The van der Waals surface area contributed by atoms with E-state index in [1.165, 1.54) is 54.9 Å². The van der Waals surface area contributed by atoms with Gasteiger partial charge in [0.1, 0.15) is 0 Å². The van der Waals surface area contributed by atoms with Gasteiger partial charge in [0.2, 0.25) is 0 Å². The van der Waals surface area contributed by atoms with Gasteiger partial charge in [0, 0.05) is 0 Å². The van der Waals surface area contributed by atoms with E-state index in [0.717, 1.165) is 13.2 Å². The Bertz CT molecular complexity index is 1260. The van der Waals surface area contributed by atoms with Crippen LogP contribution in [0.25, 0.3) is 21.5 Å². The van der Waals surface area contributed by atoms with Gasteiger partial charge in [-0.2, -0.15) is 12.1 Å². The van der Waals surface area contributed by atoms with Crippen molar-refractivity contribution >= 4 is 43.6 Å². The van der Waals surface area contributed by atoms with E-state index in [0.29, 0.717) is 0 Å². The predicted octanol–water partition coefficient (Wildman–Crippen LogP) is 9.84. The summed E-state index contributed by atoms with van der Waals surface area (Å²) in [5.74, 6) is 0. The molecular formula is C32H48O2Si3Zr. The summed E-state index contributed by atoms with van der Waals surface area (Å²) in [7, 11) is -2.87. The van der Waals surface area contributed by atoms with Crippen molar-refractivity contribution in [3.8, 4) is 0 Å². The van der Waals surface area contributed by atoms with E-state index in [9.17, 15) is 0 Å². The molecule has 4 aromatic carbocycles. The SMILES string of the molecule is C[Si](C)=[Zr+2].Cc1cc2c(CO[Si](C)(C)C)ccc(C)c2[cH-]1.Cc1cc2c(CO[Si](C)(C)C)ccc(C)c2[cH-]1. The number of rotatable bonds is 6. The summed E-state index contributed by atoms with van der Waals surface area (Å²) < 4.78 is 12.0. The van der Waals surface area contributed by atoms with Crippen LogP contribution >= 0.6 is 0 Å². The molecule has 0 atom stereocenters. The molecule has 0 N–H and O–H groups in total. The van der Waals surface area contributed by atoms with E-state index in [1.807, 2.05) is 0 Å². The third-order valence-electron chi connectivity index (χ3n) is 6.00. The minimum Gasteiger partial charge on any atom is -0.414 e. The third kappa shape index (κ3) is 10.9. The van der Waals surface area contributed by atoms with Gasteiger partial charge in [-0.3, -0.25) is 0 Å². The second-order valence-electron chi connectivity index (χ2n) is 12.6. The van der Waals surface area contributed by atoms with Gasteiger partial charge < -0.3 is 8.85 Å². The quantitative estimate of drug-likeness (QED) is 0.154. The van der Waals surface area contributed by atoms with E-state index < -0.39 is 16.6 Å². The number of hydrogen-bond acceptors (Lipinski definition) is 2. The van der Waals surface area contributed by atoms with Crippen LogP contribution in [0.3, 0.4) is 0 Å². The van der Waals surface area contributed by atoms with E-state index in [1.54, 1.807) is 23.3 Å². The first-order valence-corrected chi connectivity index (χ1v) is 26.6. The molecule has 0 unspecified atom stereocenters. The predicted molar refractivity (Wildman–Crippen MR) is 172 cm³/mol. The molecule has 0 aromatic heterocycles. The third-order valence-corrected chi connectivity index (χ3v) is 8.02. The van der Waals surface area contributed by atoms with E-state index >= 15 is 0 Å². The molecule has 0 saturated heterocycles. The minimum atomic E-state index is -1.43. The largest absolute Gasteiger partial charge is 0.414 e. The average Bonchev–Trinajstić information content (AvgIpc) is 3.35. The zero-order valence-corrected chi connectivity index (χ0v) is 31.3. The maximum absolute atomic E-state index is 6.01. The molecule has 4 rings (SSSR count). The maximum Gasteiger partial charge on any atom is 0.184 e. The van der Waals surface area contributed by atoms with Crippen molar-refractivity contribution in [2.24, 2.45) is 0 Å². The van der Waals surface area contributed by atoms with Crippen molar-refractivity contribution in [2.75, 3.05) is 0 Å². The zero-order valence-electron chi connectivity index (χ0n) is 25.8. The van der Waals surface area contributed by atoms with Crippen LogP contribution in [0.1, 0.15) is 33.4 Å². The standard InChI is InChI=1S/2C15H21OSi.C2H6Si.Zr/c2*1-11-8-14-12(2)6-7-13(15(14)9-11)10-16-17(3,4)5;1-3-2;/h2*6-9H,10H2,1-5H3;1-2H3;/q2*-1;;+2. The molecule has 0 spiro atoms. The Morgan fingerprint density at radius 1 is 0.658 bits per heavy atom. The molecule has 0 amide bonds.